The van der Waals surface area contributed by atoms with Gasteiger partial charge in [-0.05, 0) is 24.6 Å². The van der Waals surface area contributed by atoms with Crippen LogP contribution in [-0.4, -0.2) is 23.5 Å². The summed E-state index contributed by atoms with van der Waals surface area (Å²) in [5.41, 5.74) is 6.85. The molecule has 5 nitrogen and oxygen atoms in total. The van der Waals surface area contributed by atoms with Crippen LogP contribution in [0, 0.1) is 12.8 Å². The molecule has 0 spiro atoms. The van der Waals surface area contributed by atoms with Crippen LogP contribution in [0.4, 0.5) is 5.69 Å². The molecule has 4 N–H and O–H groups in total. The minimum absolute atomic E-state index is 0.145. The minimum Gasteiger partial charge on any atom is -0.478 e. The van der Waals surface area contributed by atoms with Gasteiger partial charge in [0.25, 0.3) is 0 Å². The van der Waals surface area contributed by atoms with E-state index >= 15 is 0 Å². The second kappa shape index (κ2) is 5.45. The average molecular weight is 236 g/mol. The fourth-order valence-corrected chi connectivity index (χ4v) is 1.25. The third-order valence-corrected chi connectivity index (χ3v) is 2.54. The van der Waals surface area contributed by atoms with Crippen molar-refractivity contribution in [2.75, 3.05) is 11.9 Å². The molecule has 0 radical (unpaired) electrons. The van der Waals surface area contributed by atoms with Gasteiger partial charge in [0.15, 0.2) is 0 Å². The maximum absolute atomic E-state index is 11.6. The minimum atomic E-state index is -1.02. The summed E-state index contributed by atoms with van der Waals surface area (Å²) in [7, 11) is 0. The molecule has 0 saturated carbocycles. The van der Waals surface area contributed by atoms with E-state index < -0.39 is 5.97 Å². The molecule has 1 aromatic rings. The van der Waals surface area contributed by atoms with Crippen molar-refractivity contribution in [2.24, 2.45) is 11.7 Å². The van der Waals surface area contributed by atoms with Crippen LogP contribution in [0.1, 0.15) is 22.8 Å². The predicted octanol–water partition coefficient (Wildman–Crippen LogP) is 1.23. The molecule has 1 unspecified atom stereocenters. The highest BCUT2D eigenvalue weighted by Gasteiger charge is 2.13. The second-order valence-electron chi connectivity index (χ2n) is 3.96. The monoisotopic (exact) mass is 236 g/mol. The summed E-state index contributed by atoms with van der Waals surface area (Å²) >= 11 is 0. The summed E-state index contributed by atoms with van der Waals surface area (Å²) in [6, 6.07) is 4.60. The Bertz CT molecular complexity index is 443. The first-order valence-corrected chi connectivity index (χ1v) is 5.30. The van der Waals surface area contributed by atoms with Crippen molar-refractivity contribution in [1.29, 1.82) is 0 Å². The lowest BCUT2D eigenvalue weighted by Gasteiger charge is -2.12. The van der Waals surface area contributed by atoms with Crippen LogP contribution in [0.15, 0.2) is 18.2 Å². The van der Waals surface area contributed by atoms with Crippen molar-refractivity contribution in [3.63, 3.8) is 0 Å². The molecule has 1 aromatic carbocycles. The molecular weight excluding hydrogens is 220 g/mol. The van der Waals surface area contributed by atoms with Crippen molar-refractivity contribution in [2.45, 2.75) is 13.8 Å². The zero-order valence-electron chi connectivity index (χ0n) is 9.86. The zero-order chi connectivity index (χ0) is 13.0. The number of nitrogens with two attached hydrogens (primary N) is 1. The Labute approximate surface area is 99.6 Å². The first-order chi connectivity index (χ1) is 7.95. The molecule has 1 atom stereocenters. The van der Waals surface area contributed by atoms with Gasteiger partial charge in [-0.25, -0.2) is 4.79 Å². The van der Waals surface area contributed by atoms with Crippen LogP contribution in [0.3, 0.4) is 0 Å². The highest BCUT2D eigenvalue weighted by Crippen LogP contribution is 2.17. The molecule has 0 fully saturated rings. The van der Waals surface area contributed by atoms with E-state index in [1.807, 2.05) is 0 Å². The number of anilines is 1. The molecule has 0 heterocycles. The van der Waals surface area contributed by atoms with Crippen molar-refractivity contribution in [1.82, 2.24) is 0 Å². The number of carboxylic acids is 1. The Morgan fingerprint density at radius 2 is 2.12 bits per heavy atom. The third kappa shape index (κ3) is 3.29. The average Bonchev–Trinajstić information content (AvgIpc) is 2.30. The molecule has 0 saturated heterocycles. The molecule has 0 aliphatic carbocycles. The van der Waals surface area contributed by atoms with E-state index in [4.69, 9.17) is 10.8 Å². The van der Waals surface area contributed by atoms with Gasteiger partial charge < -0.3 is 16.2 Å². The molecule has 0 aliphatic rings. The van der Waals surface area contributed by atoms with Gasteiger partial charge in [0, 0.05) is 18.2 Å². The normalized spacial score (nSPS) is 11.9. The maximum atomic E-state index is 11.6. The van der Waals surface area contributed by atoms with Gasteiger partial charge >= 0.3 is 5.97 Å². The van der Waals surface area contributed by atoms with Gasteiger partial charge in [-0.1, -0.05) is 13.0 Å². The van der Waals surface area contributed by atoms with Crippen molar-refractivity contribution in [3.05, 3.63) is 29.3 Å². The van der Waals surface area contributed by atoms with Crippen molar-refractivity contribution < 1.29 is 14.7 Å². The summed E-state index contributed by atoms with van der Waals surface area (Å²) in [6.45, 7) is 3.77. The molecule has 0 aliphatic heterocycles. The topological polar surface area (TPSA) is 92.4 Å². The number of aryl methyl sites for hydroxylation is 1. The SMILES string of the molecule is Cc1ccc(C(=O)O)cc1NC(=O)C(C)CN. The van der Waals surface area contributed by atoms with Gasteiger partial charge in [0.05, 0.1) is 5.56 Å². The van der Waals surface area contributed by atoms with E-state index in [-0.39, 0.29) is 23.9 Å². The fourth-order valence-electron chi connectivity index (χ4n) is 1.25. The number of benzene rings is 1. The van der Waals surface area contributed by atoms with Crippen LogP contribution in [0.5, 0.6) is 0 Å². The van der Waals surface area contributed by atoms with Gasteiger partial charge in [-0.2, -0.15) is 0 Å². The van der Waals surface area contributed by atoms with Gasteiger partial charge in [-0.3, -0.25) is 4.79 Å². The standard InChI is InChI=1S/C12H16N2O3/c1-7-3-4-9(12(16)17)5-10(7)14-11(15)8(2)6-13/h3-5,8H,6,13H2,1-2H3,(H,14,15)(H,16,17). The van der Waals surface area contributed by atoms with Crippen LogP contribution in [-0.2, 0) is 4.79 Å². The van der Waals surface area contributed by atoms with Crippen molar-refractivity contribution >= 4 is 17.6 Å². The van der Waals surface area contributed by atoms with E-state index in [1.165, 1.54) is 12.1 Å². The molecule has 1 amide bonds. The summed E-state index contributed by atoms with van der Waals surface area (Å²) in [5, 5.41) is 11.5. The van der Waals surface area contributed by atoms with E-state index in [1.54, 1.807) is 19.9 Å². The number of hydrogen-bond acceptors (Lipinski definition) is 3. The van der Waals surface area contributed by atoms with Gasteiger partial charge in [0.1, 0.15) is 0 Å². The molecule has 0 aromatic heterocycles. The van der Waals surface area contributed by atoms with Crippen LogP contribution >= 0.6 is 0 Å². The second-order valence-corrected chi connectivity index (χ2v) is 3.96. The Hall–Kier alpha value is -1.88. The molecular formula is C12H16N2O3. The number of amides is 1. The maximum Gasteiger partial charge on any atom is 0.335 e. The highest BCUT2D eigenvalue weighted by atomic mass is 16.4. The summed E-state index contributed by atoms with van der Waals surface area (Å²) in [4.78, 5) is 22.4. The number of nitrogens with one attached hydrogen (secondary N) is 1. The lowest BCUT2D eigenvalue weighted by Crippen LogP contribution is -2.27. The van der Waals surface area contributed by atoms with Crippen LogP contribution < -0.4 is 11.1 Å². The number of carbonyl (C=O) groups is 2. The van der Waals surface area contributed by atoms with Crippen molar-refractivity contribution in [3.8, 4) is 0 Å². The number of rotatable bonds is 4. The van der Waals surface area contributed by atoms with E-state index in [0.29, 0.717) is 5.69 Å². The van der Waals surface area contributed by atoms with E-state index in [2.05, 4.69) is 5.32 Å². The summed E-state index contributed by atoms with van der Waals surface area (Å²) < 4.78 is 0. The molecule has 0 bridgehead atoms. The summed E-state index contributed by atoms with van der Waals surface area (Å²) in [6.07, 6.45) is 0. The van der Waals surface area contributed by atoms with E-state index in [9.17, 15) is 9.59 Å². The first kappa shape index (κ1) is 13.2. The van der Waals surface area contributed by atoms with E-state index in [0.717, 1.165) is 5.56 Å². The molecule has 5 heteroatoms. The number of carbonyl (C=O) groups excluding carboxylic acids is 1. The quantitative estimate of drug-likeness (QED) is 0.733. The lowest BCUT2D eigenvalue weighted by molar-refractivity contribution is -0.119. The Morgan fingerprint density at radius 3 is 2.65 bits per heavy atom. The lowest BCUT2D eigenvalue weighted by atomic mass is 10.1. The number of carboxylic acid groups (broad SMARTS) is 1. The highest BCUT2D eigenvalue weighted by molar-refractivity contribution is 5.95. The number of aromatic carboxylic acids is 1. The first-order valence-electron chi connectivity index (χ1n) is 5.30. The molecule has 17 heavy (non-hydrogen) atoms. The number of hydrogen-bond donors (Lipinski definition) is 3. The van der Waals surface area contributed by atoms with Gasteiger partial charge in [0.2, 0.25) is 5.91 Å². The smallest absolute Gasteiger partial charge is 0.335 e. The molecule has 92 valence electrons. The largest absolute Gasteiger partial charge is 0.478 e. The fraction of sp³-hybridized carbons (Fsp3) is 0.333. The Morgan fingerprint density at radius 1 is 1.47 bits per heavy atom. The molecule has 1 rings (SSSR count). The Balaban J connectivity index is 2.94. The van der Waals surface area contributed by atoms with Gasteiger partial charge in [-0.15, -0.1) is 0 Å². The van der Waals surface area contributed by atoms with Crippen LogP contribution in [0.2, 0.25) is 0 Å². The van der Waals surface area contributed by atoms with Crippen LogP contribution in [0.25, 0.3) is 0 Å². The predicted molar refractivity (Wildman–Crippen MR) is 65.0 cm³/mol. The summed E-state index contributed by atoms with van der Waals surface area (Å²) in [5.74, 6) is -1.53. The zero-order valence-corrected chi connectivity index (χ0v) is 9.86. The Kier molecular flexibility index (Phi) is 4.23. The third-order valence-electron chi connectivity index (χ3n) is 2.54.